The van der Waals surface area contributed by atoms with Crippen LogP contribution in [0.2, 0.25) is 0 Å². The van der Waals surface area contributed by atoms with E-state index in [0.29, 0.717) is 11.3 Å². The minimum atomic E-state index is -0.0447. The van der Waals surface area contributed by atoms with Crippen LogP contribution in [-0.4, -0.2) is 11.2 Å². The van der Waals surface area contributed by atoms with Crippen LogP contribution in [0.15, 0.2) is 0 Å². The van der Waals surface area contributed by atoms with E-state index in [1.54, 1.807) is 0 Å². The Kier molecular flexibility index (Phi) is 8.94. The molecule has 1 saturated carbocycles. The first kappa shape index (κ1) is 17.0. The van der Waals surface area contributed by atoms with Crippen molar-refractivity contribution in [3.05, 3.63) is 0 Å². The van der Waals surface area contributed by atoms with Crippen molar-refractivity contribution < 1.29 is 5.11 Å². The lowest BCUT2D eigenvalue weighted by Gasteiger charge is -2.25. The summed E-state index contributed by atoms with van der Waals surface area (Å²) < 4.78 is 0. The van der Waals surface area contributed by atoms with Gasteiger partial charge in [-0.3, -0.25) is 0 Å². The Morgan fingerprint density at radius 3 is 2.12 bits per heavy atom. The molecule has 1 heteroatoms. The van der Waals surface area contributed by atoms with E-state index in [1.807, 2.05) is 0 Å². The molecular weight excluding hydrogens is 208 g/mol. The normalized spacial score (nSPS) is 27.9. The number of aliphatic hydroxyl groups excluding tert-OH is 1. The maximum Gasteiger partial charge on any atom is 0.0566 e. The number of hydrogen-bond donors (Lipinski definition) is 1. The average Bonchev–Trinajstić information content (AvgIpc) is 2.36. The van der Waals surface area contributed by atoms with Gasteiger partial charge in [-0.2, -0.15) is 0 Å². The molecule has 1 fully saturated rings. The number of aliphatic hydroxyl groups is 1. The Labute approximate surface area is 109 Å². The summed E-state index contributed by atoms with van der Waals surface area (Å²) in [6.45, 7) is 11.2. The van der Waals surface area contributed by atoms with Gasteiger partial charge in [-0.05, 0) is 30.6 Å². The number of unbranched alkanes of at least 4 members (excludes halogenated alkanes) is 3. The standard InChI is InChI=1S/C10H20O.C6H14/c1-8-7-10(2,3)6-4-5-9(8)11;1-3-5-6-4-2/h8-9,11H,4-7H2,1-3H3;3-6H2,1-2H3. The van der Waals surface area contributed by atoms with Crippen molar-refractivity contribution in [1.29, 1.82) is 0 Å². The van der Waals surface area contributed by atoms with E-state index >= 15 is 0 Å². The first-order valence-electron chi connectivity index (χ1n) is 7.61. The molecule has 2 unspecified atom stereocenters. The van der Waals surface area contributed by atoms with Crippen LogP contribution in [0.3, 0.4) is 0 Å². The molecular formula is C16H34O. The molecule has 1 nitrogen and oxygen atoms in total. The number of rotatable bonds is 3. The third-order valence-electron chi connectivity index (χ3n) is 3.84. The second kappa shape index (κ2) is 8.97. The highest BCUT2D eigenvalue weighted by atomic mass is 16.3. The Hall–Kier alpha value is -0.0400. The van der Waals surface area contributed by atoms with E-state index in [-0.39, 0.29) is 6.10 Å². The van der Waals surface area contributed by atoms with Crippen LogP contribution >= 0.6 is 0 Å². The Balaban J connectivity index is 0.000000366. The molecule has 0 amide bonds. The number of hydrogen-bond acceptors (Lipinski definition) is 1. The minimum absolute atomic E-state index is 0.0447. The van der Waals surface area contributed by atoms with Gasteiger partial charge in [0.2, 0.25) is 0 Å². The molecule has 1 aliphatic rings. The lowest BCUT2D eigenvalue weighted by atomic mass is 9.81. The zero-order valence-corrected chi connectivity index (χ0v) is 12.8. The highest BCUT2D eigenvalue weighted by molar-refractivity contribution is 4.79. The van der Waals surface area contributed by atoms with Crippen molar-refractivity contribution in [2.24, 2.45) is 11.3 Å². The summed E-state index contributed by atoms with van der Waals surface area (Å²) in [7, 11) is 0. The van der Waals surface area contributed by atoms with E-state index in [2.05, 4.69) is 34.6 Å². The van der Waals surface area contributed by atoms with Crippen molar-refractivity contribution in [2.45, 2.75) is 92.1 Å². The highest BCUT2D eigenvalue weighted by Gasteiger charge is 2.28. The van der Waals surface area contributed by atoms with Gasteiger partial charge < -0.3 is 5.11 Å². The average molecular weight is 242 g/mol. The molecule has 1 rings (SSSR count). The van der Waals surface area contributed by atoms with Gasteiger partial charge in [-0.1, -0.05) is 66.7 Å². The molecule has 0 spiro atoms. The summed E-state index contributed by atoms with van der Waals surface area (Å²) >= 11 is 0. The Morgan fingerprint density at radius 2 is 1.65 bits per heavy atom. The summed E-state index contributed by atoms with van der Waals surface area (Å²) in [5, 5.41) is 9.59. The third-order valence-corrected chi connectivity index (χ3v) is 3.84. The van der Waals surface area contributed by atoms with Crippen LogP contribution in [0.1, 0.15) is 86.0 Å². The van der Waals surface area contributed by atoms with Crippen molar-refractivity contribution in [3.63, 3.8) is 0 Å². The zero-order chi connectivity index (χ0) is 13.3. The molecule has 0 aromatic rings. The molecule has 0 saturated heterocycles. The predicted octanol–water partition coefficient (Wildman–Crippen LogP) is 5.17. The van der Waals surface area contributed by atoms with Gasteiger partial charge in [0.1, 0.15) is 0 Å². The first-order chi connectivity index (χ1) is 7.93. The molecule has 1 N–H and O–H groups in total. The van der Waals surface area contributed by atoms with E-state index in [1.165, 1.54) is 44.9 Å². The van der Waals surface area contributed by atoms with Crippen LogP contribution in [0.5, 0.6) is 0 Å². The maximum absolute atomic E-state index is 9.59. The largest absolute Gasteiger partial charge is 0.393 e. The fourth-order valence-electron chi connectivity index (χ4n) is 2.68. The van der Waals surface area contributed by atoms with Crippen molar-refractivity contribution >= 4 is 0 Å². The summed E-state index contributed by atoms with van der Waals surface area (Å²) in [6, 6.07) is 0. The van der Waals surface area contributed by atoms with Crippen molar-refractivity contribution in [1.82, 2.24) is 0 Å². The van der Waals surface area contributed by atoms with Crippen LogP contribution in [0.25, 0.3) is 0 Å². The molecule has 1 aliphatic carbocycles. The van der Waals surface area contributed by atoms with Gasteiger partial charge in [0.05, 0.1) is 6.10 Å². The molecule has 2 atom stereocenters. The lowest BCUT2D eigenvalue weighted by Crippen LogP contribution is -2.19. The predicted molar refractivity (Wildman–Crippen MR) is 77.2 cm³/mol. The topological polar surface area (TPSA) is 20.2 Å². The molecule has 0 aliphatic heterocycles. The molecule has 0 radical (unpaired) electrons. The first-order valence-corrected chi connectivity index (χ1v) is 7.61. The minimum Gasteiger partial charge on any atom is -0.393 e. The molecule has 0 heterocycles. The van der Waals surface area contributed by atoms with Crippen molar-refractivity contribution in [2.75, 3.05) is 0 Å². The quantitative estimate of drug-likeness (QED) is 0.534. The van der Waals surface area contributed by atoms with E-state index in [0.717, 1.165) is 6.42 Å². The second-order valence-electron chi connectivity index (χ2n) is 6.51. The van der Waals surface area contributed by atoms with Gasteiger partial charge in [0, 0.05) is 0 Å². The zero-order valence-electron chi connectivity index (χ0n) is 12.8. The third kappa shape index (κ3) is 8.65. The van der Waals surface area contributed by atoms with Crippen LogP contribution in [0, 0.1) is 11.3 Å². The van der Waals surface area contributed by atoms with Gasteiger partial charge in [0.25, 0.3) is 0 Å². The maximum atomic E-state index is 9.59. The van der Waals surface area contributed by atoms with Crippen LogP contribution in [-0.2, 0) is 0 Å². The summed E-state index contributed by atoms with van der Waals surface area (Å²) in [5.74, 6) is 0.493. The summed E-state index contributed by atoms with van der Waals surface area (Å²) in [6.07, 6.45) is 10.1. The molecule has 0 aromatic carbocycles. The van der Waals surface area contributed by atoms with Gasteiger partial charge in [-0.25, -0.2) is 0 Å². The highest BCUT2D eigenvalue weighted by Crippen LogP contribution is 2.36. The monoisotopic (exact) mass is 242 g/mol. The Bertz CT molecular complexity index is 170. The second-order valence-corrected chi connectivity index (χ2v) is 6.51. The summed E-state index contributed by atoms with van der Waals surface area (Å²) in [4.78, 5) is 0. The fraction of sp³-hybridized carbons (Fsp3) is 1.00. The molecule has 0 bridgehead atoms. The van der Waals surface area contributed by atoms with E-state index in [4.69, 9.17) is 0 Å². The molecule has 17 heavy (non-hydrogen) atoms. The summed E-state index contributed by atoms with van der Waals surface area (Å²) in [5.41, 5.74) is 0.455. The van der Waals surface area contributed by atoms with Gasteiger partial charge in [-0.15, -0.1) is 0 Å². The fourth-order valence-corrected chi connectivity index (χ4v) is 2.68. The smallest absolute Gasteiger partial charge is 0.0566 e. The van der Waals surface area contributed by atoms with E-state index in [9.17, 15) is 5.11 Å². The molecule has 0 aromatic heterocycles. The molecule has 104 valence electrons. The van der Waals surface area contributed by atoms with Crippen molar-refractivity contribution in [3.8, 4) is 0 Å². The van der Waals surface area contributed by atoms with Crippen LogP contribution in [0.4, 0.5) is 0 Å². The lowest BCUT2D eigenvalue weighted by molar-refractivity contribution is 0.0993. The van der Waals surface area contributed by atoms with E-state index < -0.39 is 0 Å². The SMILES string of the molecule is CC1CC(C)(C)CCCC1O.CCCCCC. The Morgan fingerprint density at radius 1 is 1.12 bits per heavy atom. The van der Waals surface area contributed by atoms with Crippen LogP contribution < -0.4 is 0 Å². The van der Waals surface area contributed by atoms with Gasteiger partial charge in [0.15, 0.2) is 0 Å². The van der Waals surface area contributed by atoms with Gasteiger partial charge >= 0.3 is 0 Å².